The SMILES string of the molecule is O=S(=O)(NCc1cc2ccccn2n1)c1cccc(F)c1. The molecule has 0 aliphatic carbocycles. The van der Waals surface area contributed by atoms with Crippen molar-refractivity contribution in [1.82, 2.24) is 14.3 Å². The van der Waals surface area contributed by atoms with E-state index in [4.69, 9.17) is 0 Å². The minimum Gasteiger partial charge on any atom is -0.241 e. The predicted molar refractivity (Wildman–Crippen MR) is 75.6 cm³/mol. The first-order chi connectivity index (χ1) is 10.0. The van der Waals surface area contributed by atoms with Gasteiger partial charge in [-0.1, -0.05) is 12.1 Å². The molecule has 0 atom stereocenters. The first-order valence-electron chi connectivity index (χ1n) is 6.23. The van der Waals surface area contributed by atoms with Crippen LogP contribution in [0.5, 0.6) is 0 Å². The Morgan fingerprint density at radius 3 is 2.76 bits per heavy atom. The third-order valence-corrected chi connectivity index (χ3v) is 4.37. The van der Waals surface area contributed by atoms with Gasteiger partial charge in [-0.2, -0.15) is 5.10 Å². The number of benzene rings is 1. The zero-order chi connectivity index (χ0) is 14.9. The quantitative estimate of drug-likeness (QED) is 0.801. The summed E-state index contributed by atoms with van der Waals surface area (Å²) in [6.45, 7) is 0.0422. The van der Waals surface area contributed by atoms with Gasteiger partial charge in [0, 0.05) is 6.20 Å². The molecule has 0 spiro atoms. The molecule has 0 radical (unpaired) electrons. The summed E-state index contributed by atoms with van der Waals surface area (Å²) in [5, 5.41) is 4.24. The lowest BCUT2D eigenvalue weighted by Crippen LogP contribution is -2.23. The van der Waals surface area contributed by atoms with Crippen LogP contribution in [-0.2, 0) is 16.6 Å². The molecule has 0 aliphatic rings. The van der Waals surface area contributed by atoms with Gasteiger partial charge < -0.3 is 0 Å². The molecule has 0 amide bonds. The summed E-state index contributed by atoms with van der Waals surface area (Å²) in [6.07, 6.45) is 1.78. The molecule has 2 aromatic heterocycles. The fraction of sp³-hybridized carbons (Fsp3) is 0.0714. The lowest BCUT2D eigenvalue weighted by molar-refractivity contribution is 0.576. The van der Waals surface area contributed by atoms with Crippen molar-refractivity contribution >= 4 is 15.5 Å². The number of sulfonamides is 1. The van der Waals surface area contributed by atoms with Crippen molar-refractivity contribution in [3.05, 3.63) is 66.2 Å². The molecule has 0 aliphatic heterocycles. The standard InChI is InChI=1S/C14H12FN3O2S/c15-11-4-3-6-14(8-11)21(19,20)16-10-12-9-13-5-1-2-7-18(13)17-12/h1-9,16H,10H2. The number of rotatable bonds is 4. The van der Waals surface area contributed by atoms with Gasteiger partial charge in [0.25, 0.3) is 0 Å². The highest BCUT2D eigenvalue weighted by molar-refractivity contribution is 7.89. The molecule has 3 aromatic rings. The minimum atomic E-state index is -3.76. The van der Waals surface area contributed by atoms with Crippen molar-refractivity contribution in [1.29, 1.82) is 0 Å². The third kappa shape index (κ3) is 2.93. The zero-order valence-electron chi connectivity index (χ0n) is 10.9. The van der Waals surface area contributed by atoms with Gasteiger partial charge in [0.1, 0.15) is 5.82 Å². The molecule has 0 saturated carbocycles. The summed E-state index contributed by atoms with van der Waals surface area (Å²) in [7, 11) is -3.76. The van der Waals surface area contributed by atoms with Gasteiger partial charge in [0.15, 0.2) is 0 Å². The van der Waals surface area contributed by atoms with E-state index in [0.29, 0.717) is 5.69 Å². The monoisotopic (exact) mass is 305 g/mol. The van der Waals surface area contributed by atoms with E-state index < -0.39 is 15.8 Å². The van der Waals surface area contributed by atoms with Crippen LogP contribution in [0.25, 0.3) is 5.52 Å². The zero-order valence-corrected chi connectivity index (χ0v) is 11.7. The molecule has 0 unspecified atom stereocenters. The first kappa shape index (κ1) is 13.7. The molecule has 7 heteroatoms. The summed E-state index contributed by atoms with van der Waals surface area (Å²) in [5.41, 5.74) is 1.46. The van der Waals surface area contributed by atoms with E-state index in [1.165, 1.54) is 18.2 Å². The Hall–Kier alpha value is -2.25. The highest BCUT2D eigenvalue weighted by Gasteiger charge is 2.15. The van der Waals surface area contributed by atoms with Crippen molar-refractivity contribution < 1.29 is 12.8 Å². The summed E-state index contributed by atoms with van der Waals surface area (Å²) >= 11 is 0. The van der Waals surface area contributed by atoms with Gasteiger partial charge in [-0.3, -0.25) is 0 Å². The molecule has 3 rings (SSSR count). The Labute approximate surface area is 121 Å². The third-order valence-electron chi connectivity index (χ3n) is 2.97. The van der Waals surface area contributed by atoms with Gasteiger partial charge >= 0.3 is 0 Å². The van der Waals surface area contributed by atoms with Crippen LogP contribution >= 0.6 is 0 Å². The fourth-order valence-corrected chi connectivity index (χ4v) is 2.99. The highest BCUT2D eigenvalue weighted by atomic mass is 32.2. The van der Waals surface area contributed by atoms with Gasteiger partial charge in [-0.05, 0) is 36.4 Å². The van der Waals surface area contributed by atoms with Gasteiger partial charge in [-0.15, -0.1) is 0 Å². The molecule has 0 fully saturated rings. The second kappa shape index (κ2) is 5.27. The number of hydrogen-bond acceptors (Lipinski definition) is 3. The molecule has 0 saturated heterocycles. The highest BCUT2D eigenvalue weighted by Crippen LogP contribution is 2.11. The summed E-state index contributed by atoms with van der Waals surface area (Å²) < 4.78 is 41.3. The summed E-state index contributed by atoms with van der Waals surface area (Å²) in [4.78, 5) is -0.105. The van der Waals surface area contributed by atoms with E-state index in [9.17, 15) is 12.8 Å². The van der Waals surface area contributed by atoms with Crippen molar-refractivity contribution in [3.8, 4) is 0 Å². The van der Waals surface area contributed by atoms with E-state index in [-0.39, 0.29) is 11.4 Å². The van der Waals surface area contributed by atoms with Crippen molar-refractivity contribution in [2.45, 2.75) is 11.4 Å². The maximum Gasteiger partial charge on any atom is 0.241 e. The van der Waals surface area contributed by atoms with E-state index >= 15 is 0 Å². The van der Waals surface area contributed by atoms with Crippen LogP contribution in [0.2, 0.25) is 0 Å². The normalized spacial score (nSPS) is 11.9. The lowest BCUT2D eigenvalue weighted by atomic mass is 10.3. The van der Waals surface area contributed by atoms with E-state index in [2.05, 4.69) is 9.82 Å². The number of pyridine rings is 1. The fourth-order valence-electron chi connectivity index (χ4n) is 1.96. The van der Waals surface area contributed by atoms with Crippen LogP contribution in [0, 0.1) is 5.82 Å². The average Bonchev–Trinajstić information content (AvgIpc) is 2.88. The Morgan fingerprint density at radius 1 is 1.14 bits per heavy atom. The van der Waals surface area contributed by atoms with Crippen LogP contribution in [0.3, 0.4) is 0 Å². The maximum absolute atomic E-state index is 13.1. The largest absolute Gasteiger partial charge is 0.241 e. The van der Waals surface area contributed by atoms with Gasteiger partial charge in [0.05, 0.1) is 22.7 Å². The second-order valence-corrected chi connectivity index (χ2v) is 6.25. The van der Waals surface area contributed by atoms with Crippen LogP contribution in [0.15, 0.2) is 59.6 Å². The molecule has 1 aromatic carbocycles. The van der Waals surface area contributed by atoms with Crippen LogP contribution in [0.4, 0.5) is 4.39 Å². The van der Waals surface area contributed by atoms with Crippen LogP contribution in [0.1, 0.15) is 5.69 Å². The Morgan fingerprint density at radius 2 is 2.00 bits per heavy atom. The Kier molecular flexibility index (Phi) is 3.44. The van der Waals surface area contributed by atoms with Crippen LogP contribution < -0.4 is 4.72 Å². The molecule has 21 heavy (non-hydrogen) atoms. The number of halogens is 1. The number of nitrogens with one attached hydrogen (secondary N) is 1. The molecule has 108 valence electrons. The Balaban J connectivity index is 1.80. The average molecular weight is 305 g/mol. The summed E-state index contributed by atoms with van der Waals surface area (Å²) in [5.74, 6) is -0.592. The van der Waals surface area contributed by atoms with E-state index in [0.717, 1.165) is 11.6 Å². The van der Waals surface area contributed by atoms with Gasteiger partial charge in [-0.25, -0.2) is 22.0 Å². The predicted octanol–water partition coefficient (Wildman–Crippen LogP) is 1.95. The van der Waals surface area contributed by atoms with Gasteiger partial charge in [0.2, 0.25) is 10.0 Å². The number of aromatic nitrogens is 2. The molecule has 2 heterocycles. The molecule has 0 bridgehead atoms. The first-order valence-corrected chi connectivity index (χ1v) is 7.71. The minimum absolute atomic E-state index is 0.0422. The van der Waals surface area contributed by atoms with Crippen molar-refractivity contribution in [3.63, 3.8) is 0 Å². The molecule has 5 nitrogen and oxygen atoms in total. The Bertz CT molecular complexity index is 857. The lowest BCUT2D eigenvalue weighted by Gasteiger charge is -2.05. The molecule has 1 N–H and O–H groups in total. The number of fused-ring (bicyclic) bond motifs is 1. The second-order valence-electron chi connectivity index (χ2n) is 4.49. The number of hydrogen-bond donors (Lipinski definition) is 1. The topological polar surface area (TPSA) is 63.5 Å². The number of nitrogens with zero attached hydrogens (tertiary/aromatic N) is 2. The molecular weight excluding hydrogens is 293 g/mol. The smallest absolute Gasteiger partial charge is 0.241 e. The van der Waals surface area contributed by atoms with E-state index in [1.807, 2.05) is 18.2 Å². The molecular formula is C14H12FN3O2S. The summed E-state index contributed by atoms with van der Waals surface area (Å²) in [6, 6.07) is 12.2. The van der Waals surface area contributed by atoms with Crippen LogP contribution in [-0.4, -0.2) is 18.0 Å². The van der Waals surface area contributed by atoms with Crippen molar-refractivity contribution in [2.24, 2.45) is 0 Å². The van der Waals surface area contributed by atoms with Crippen molar-refractivity contribution in [2.75, 3.05) is 0 Å². The maximum atomic E-state index is 13.1. The van der Waals surface area contributed by atoms with E-state index in [1.54, 1.807) is 16.8 Å².